The Kier molecular flexibility index (Phi) is 9.99. The first kappa shape index (κ1) is 34.4. The van der Waals surface area contributed by atoms with Crippen LogP contribution in [-0.4, -0.2) is 77.3 Å². The molecule has 9 nitrogen and oxygen atoms in total. The molecule has 1 spiro atoms. The van der Waals surface area contributed by atoms with Crippen LogP contribution in [0.1, 0.15) is 57.6 Å². The van der Waals surface area contributed by atoms with Gasteiger partial charge in [-0.3, -0.25) is 14.4 Å². The van der Waals surface area contributed by atoms with Gasteiger partial charge >= 0.3 is 0 Å². The molecule has 252 valence electrons. The first-order valence-electron chi connectivity index (χ1n) is 16.9. The first-order valence-corrected chi connectivity index (χ1v) is 16.9. The minimum Gasteiger partial charge on any atom is -0.494 e. The van der Waals surface area contributed by atoms with Gasteiger partial charge in [0.1, 0.15) is 17.4 Å². The average Bonchev–Trinajstić information content (AvgIpc) is 3.68. The molecule has 0 aliphatic carbocycles. The van der Waals surface area contributed by atoms with Crippen LogP contribution < -0.4 is 14.5 Å². The molecule has 0 radical (unpaired) electrons. The molecule has 9 heteroatoms. The monoisotopic (exact) mass is 643 g/mol. The van der Waals surface area contributed by atoms with Gasteiger partial charge in [0, 0.05) is 24.5 Å². The topological polar surface area (TPSA) is 99.6 Å². The summed E-state index contributed by atoms with van der Waals surface area (Å²) in [7, 11) is 0. The first-order chi connectivity index (χ1) is 22.6. The van der Waals surface area contributed by atoms with Crippen molar-refractivity contribution in [3.8, 4) is 5.75 Å². The van der Waals surface area contributed by atoms with Gasteiger partial charge in [-0.05, 0) is 87.9 Å². The number of nitrogens with zero attached hydrogens (tertiary/aromatic N) is 3. The van der Waals surface area contributed by atoms with Crippen LogP contribution in [0.5, 0.6) is 5.75 Å². The van der Waals surface area contributed by atoms with E-state index >= 15 is 4.79 Å². The number of aryl methyl sites for hydroxylation is 2. The van der Waals surface area contributed by atoms with Crippen LogP contribution in [0.3, 0.4) is 0 Å². The third-order valence-corrected chi connectivity index (χ3v) is 10.5. The smallest absolute Gasteiger partial charge is 0.253 e. The van der Waals surface area contributed by atoms with Crippen LogP contribution in [0.25, 0.3) is 0 Å². The van der Waals surface area contributed by atoms with Crippen molar-refractivity contribution in [2.24, 2.45) is 11.8 Å². The van der Waals surface area contributed by atoms with Crippen molar-refractivity contribution in [1.82, 2.24) is 4.90 Å². The fourth-order valence-corrected chi connectivity index (χ4v) is 8.22. The van der Waals surface area contributed by atoms with E-state index in [1.54, 1.807) is 26.9 Å². The zero-order valence-electron chi connectivity index (χ0n) is 28.4. The number of aliphatic hydroxyl groups is 1. The van der Waals surface area contributed by atoms with Crippen molar-refractivity contribution < 1.29 is 29.0 Å². The third kappa shape index (κ3) is 5.57. The molecule has 2 unspecified atom stereocenters. The summed E-state index contributed by atoms with van der Waals surface area (Å²) in [6, 6.07) is 11.6. The fourth-order valence-electron chi connectivity index (χ4n) is 8.22. The molecule has 3 heterocycles. The normalized spacial score (nSPS) is 26.6. The molecule has 3 aliphatic heterocycles. The van der Waals surface area contributed by atoms with Gasteiger partial charge in [-0.15, -0.1) is 13.2 Å². The van der Waals surface area contributed by atoms with E-state index in [9.17, 15) is 14.7 Å². The maximum Gasteiger partial charge on any atom is 0.253 e. The predicted molar refractivity (Wildman–Crippen MR) is 183 cm³/mol. The molecule has 3 amide bonds. The number of rotatable bonds is 14. The number of aliphatic hydroxyl groups excluding tert-OH is 1. The Labute approximate surface area is 278 Å². The van der Waals surface area contributed by atoms with Gasteiger partial charge < -0.3 is 29.3 Å². The largest absolute Gasteiger partial charge is 0.494 e. The van der Waals surface area contributed by atoms with E-state index < -0.39 is 35.1 Å². The molecule has 2 aromatic rings. The van der Waals surface area contributed by atoms with E-state index in [1.165, 1.54) is 0 Å². The number of likely N-dealkylation sites (tertiary alicyclic amines) is 1. The van der Waals surface area contributed by atoms with Gasteiger partial charge in [0.25, 0.3) is 5.91 Å². The maximum absolute atomic E-state index is 15.0. The number of anilines is 2. The minimum absolute atomic E-state index is 0.227. The molecule has 3 fully saturated rings. The van der Waals surface area contributed by atoms with Gasteiger partial charge in [0.05, 0.1) is 36.7 Å². The second-order valence-corrected chi connectivity index (χ2v) is 13.0. The molecule has 6 atom stereocenters. The molecule has 5 rings (SSSR count). The lowest BCUT2D eigenvalue weighted by Crippen LogP contribution is -2.59. The molecular formula is C38H49N3O6. The fraction of sp³-hybridized carbons (Fsp3) is 0.500. The highest BCUT2D eigenvalue weighted by atomic mass is 16.5. The van der Waals surface area contributed by atoms with E-state index in [-0.39, 0.29) is 37.4 Å². The summed E-state index contributed by atoms with van der Waals surface area (Å²) in [5.74, 6) is -1.88. The summed E-state index contributed by atoms with van der Waals surface area (Å²) >= 11 is 0. The third-order valence-electron chi connectivity index (χ3n) is 10.5. The quantitative estimate of drug-likeness (QED) is 0.278. The molecule has 1 N–H and O–H groups in total. The molecule has 2 aromatic carbocycles. The van der Waals surface area contributed by atoms with E-state index in [4.69, 9.17) is 9.47 Å². The molecule has 0 saturated carbocycles. The van der Waals surface area contributed by atoms with Crippen LogP contribution in [0.4, 0.5) is 11.4 Å². The molecular weight excluding hydrogens is 594 g/mol. The van der Waals surface area contributed by atoms with Gasteiger partial charge in [-0.1, -0.05) is 38.1 Å². The Morgan fingerprint density at radius 2 is 1.72 bits per heavy atom. The van der Waals surface area contributed by atoms with Crippen LogP contribution in [0.15, 0.2) is 67.8 Å². The average molecular weight is 644 g/mol. The summed E-state index contributed by atoms with van der Waals surface area (Å²) in [6.07, 6.45) is 5.28. The van der Waals surface area contributed by atoms with E-state index in [0.717, 1.165) is 16.8 Å². The molecule has 3 saturated heterocycles. The number of ether oxygens (including phenoxy) is 2. The summed E-state index contributed by atoms with van der Waals surface area (Å²) in [6.45, 7) is 18.2. The zero-order chi connectivity index (χ0) is 34.1. The van der Waals surface area contributed by atoms with Crippen molar-refractivity contribution in [3.05, 3.63) is 78.9 Å². The standard InChI is InChI=1S/C38H49N3O6/c1-8-21-39(28-15-17-29(18-16-28)46-12-5)34(43)31-32-35(44)41(27(10-3)24-42)33(38(32)20-19-37(31,11-4)47-38)36(45)40(22-9-2)30-23-25(6)13-14-26(30)7/h8-9,13-18,23,27,31-33,42H,1-2,10-12,19-22,24H2,3-7H3/t27-,31+,32-,33?,37-,38?/m0/s1. The van der Waals surface area contributed by atoms with Crippen LogP contribution in [0, 0.1) is 25.7 Å². The lowest BCUT2D eigenvalue weighted by molar-refractivity contribution is -0.149. The van der Waals surface area contributed by atoms with Gasteiger partial charge in [0.15, 0.2) is 0 Å². The van der Waals surface area contributed by atoms with E-state index in [1.807, 2.05) is 77.1 Å². The number of hydrogen-bond acceptors (Lipinski definition) is 6. The Balaban J connectivity index is 1.63. The Hall–Kier alpha value is -3.95. The van der Waals surface area contributed by atoms with Crippen LogP contribution in [-0.2, 0) is 19.1 Å². The predicted octanol–water partition coefficient (Wildman–Crippen LogP) is 5.37. The van der Waals surface area contributed by atoms with Crippen molar-refractivity contribution in [2.45, 2.75) is 83.6 Å². The second kappa shape index (κ2) is 13.6. The second-order valence-electron chi connectivity index (χ2n) is 13.0. The number of benzene rings is 2. The van der Waals surface area contributed by atoms with Crippen LogP contribution in [0.2, 0.25) is 0 Å². The van der Waals surface area contributed by atoms with Gasteiger partial charge in [0.2, 0.25) is 11.8 Å². The summed E-state index contributed by atoms with van der Waals surface area (Å²) in [5, 5.41) is 10.5. The maximum atomic E-state index is 15.0. The van der Waals surface area contributed by atoms with Gasteiger partial charge in [-0.25, -0.2) is 0 Å². The van der Waals surface area contributed by atoms with Gasteiger partial charge in [-0.2, -0.15) is 0 Å². The van der Waals surface area contributed by atoms with Crippen molar-refractivity contribution in [3.63, 3.8) is 0 Å². The highest BCUT2D eigenvalue weighted by Crippen LogP contribution is 2.65. The number of hydrogen-bond donors (Lipinski definition) is 1. The molecule has 0 aromatic heterocycles. The number of amides is 3. The minimum atomic E-state index is -1.23. The lowest BCUT2D eigenvalue weighted by atomic mass is 9.64. The Bertz CT molecular complexity index is 1520. The lowest BCUT2D eigenvalue weighted by Gasteiger charge is -2.39. The molecule has 2 bridgehead atoms. The molecule has 47 heavy (non-hydrogen) atoms. The number of fused-ring (bicyclic) bond motifs is 1. The van der Waals surface area contributed by atoms with Crippen molar-refractivity contribution in [1.29, 1.82) is 0 Å². The van der Waals surface area contributed by atoms with E-state index in [0.29, 0.717) is 43.7 Å². The highest BCUT2D eigenvalue weighted by Gasteiger charge is 2.79. The van der Waals surface area contributed by atoms with Crippen molar-refractivity contribution >= 4 is 29.1 Å². The summed E-state index contributed by atoms with van der Waals surface area (Å²) < 4.78 is 12.7. The zero-order valence-corrected chi connectivity index (χ0v) is 28.4. The van der Waals surface area contributed by atoms with Crippen molar-refractivity contribution in [2.75, 3.05) is 36.1 Å². The Morgan fingerprint density at radius 3 is 2.32 bits per heavy atom. The summed E-state index contributed by atoms with van der Waals surface area (Å²) in [4.78, 5) is 49.6. The summed E-state index contributed by atoms with van der Waals surface area (Å²) in [5.41, 5.74) is 1.14. The highest BCUT2D eigenvalue weighted by molar-refractivity contribution is 6.07. The number of carbonyl (C=O) groups excluding carboxylic acids is 3. The molecule has 3 aliphatic rings. The SMILES string of the molecule is C=CCN(C(=O)[C@H]1[C@H]2C(=O)N([C@@H](CC)CO)C(C(=O)N(CC=C)c3cc(C)ccc3C)C23CC[C@]1(CC)O3)c1ccc(OCC)cc1. The van der Waals surface area contributed by atoms with Crippen LogP contribution >= 0.6 is 0 Å². The number of carbonyl (C=O) groups is 3. The van der Waals surface area contributed by atoms with E-state index in [2.05, 4.69) is 13.2 Å². The Morgan fingerprint density at radius 1 is 1.04 bits per heavy atom.